The normalized spacial score (nSPS) is 24.4. The molecule has 1 saturated heterocycles. The van der Waals surface area contributed by atoms with Gasteiger partial charge >= 0.3 is 0 Å². The second-order valence-electron chi connectivity index (χ2n) is 6.93. The molecule has 0 spiro atoms. The summed E-state index contributed by atoms with van der Waals surface area (Å²) in [7, 11) is 0. The lowest BCUT2D eigenvalue weighted by molar-refractivity contribution is -0.133. The van der Waals surface area contributed by atoms with Crippen molar-refractivity contribution in [3.8, 4) is 0 Å². The second kappa shape index (κ2) is 6.49. The molecule has 1 fully saturated rings. The van der Waals surface area contributed by atoms with E-state index in [1.54, 1.807) is 11.3 Å². The van der Waals surface area contributed by atoms with Crippen molar-refractivity contribution in [1.29, 1.82) is 0 Å². The number of nitrogens with zero attached hydrogens (tertiary/aromatic N) is 1. The van der Waals surface area contributed by atoms with E-state index in [0.717, 1.165) is 6.42 Å². The number of thiophene rings is 1. The molecular weight excluding hydrogens is 280 g/mol. The van der Waals surface area contributed by atoms with Crippen LogP contribution in [0.1, 0.15) is 57.0 Å². The summed E-state index contributed by atoms with van der Waals surface area (Å²) < 4.78 is 0. The van der Waals surface area contributed by atoms with Gasteiger partial charge < -0.3 is 4.90 Å². The van der Waals surface area contributed by atoms with E-state index in [1.165, 1.54) is 9.75 Å². The Bertz CT molecular complexity index is 495. The van der Waals surface area contributed by atoms with Crippen LogP contribution in [0.15, 0.2) is 12.1 Å². The van der Waals surface area contributed by atoms with Crippen LogP contribution in [0.3, 0.4) is 0 Å². The van der Waals surface area contributed by atoms with Gasteiger partial charge in [0.1, 0.15) is 6.17 Å². The lowest BCUT2D eigenvalue weighted by atomic mass is 10.0. The van der Waals surface area contributed by atoms with Gasteiger partial charge in [-0.1, -0.05) is 27.7 Å². The van der Waals surface area contributed by atoms with Crippen molar-refractivity contribution in [3.63, 3.8) is 0 Å². The summed E-state index contributed by atoms with van der Waals surface area (Å²) >= 11 is 1.78. The Balaban J connectivity index is 2.29. The summed E-state index contributed by atoms with van der Waals surface area (Å²) in [5, 5.41) is 3.57. The molecule has 2 heterocycles. The van der Waals surface area contributed by atoms with Gasteiger partial charge in [-0.15, -0.1) is 11.3 Å². The van der Waals surface area contributed by atoms with Gasteiger partial charge in [-0.25, -0.2) is 0 Å². The first-order chi connectivity index (χ1) is 9.81. The lowest BCUT2D eigenvalue weighted by Gasteiger charge is -2.32. The molecule has 0 aliphatic carbocycles. The molecule has 21 heavy (non-hydrogen) atoms. The van der Waals surface area contributed by atoms with Crippen molar-refractivity contribution in [2.24, 2.45) is 11.8 Å². The van der Waals surface area contributed by atoms with E-state index in [-0.39, 0.29) is 24.2 Å². The lowest BCUT2D eigenvalue weighted by Crippen LogP contribution is -2.41. The van der Waals surface area contributed by atoms with Gasteiger partial charge in [-0.3, -0.25) is 10.1 Å². The Labute approximate surface area is 132 Å². The van der Waals surface area contributed by atoms with Crippen molar-refractivity contribution in [1.82, 2.24) is 10.2 Å². The molecule has 1 aromatic rings. The van der Waals surface area contributed by atoms with E-state index in [9.17, 15) is 4.79 Å². The Morgan fingerprint density at radius 1 is 1.24 bits per heavy atom. The molecule has 0 aromatic carbocycles. The molecular formula is C17H28N2OS. The Hall–Kier alpha value is -0.870. The van der Waals surface area contributed by atoms with E-state index in [1.807, 2.05) is 0 Å². The zero-order valence-corrected chi connectivity index (χ0v) is 14.8. The maximum absolute atomic E-state index is 12.8. The van der Waals surface area contributed by atoms with Crippen molar-refractivity contribution >= 4 is 17.2 Å². The minimum Gasteiger partial charge on any atom is -0.318 e. The van der Waals surface area contributed by atoms with Crippen molar-refractivity contribution in [3.05, 3.63) is 21.9 Å². The predicted molar refractivity (Wildman–Crippen MR) is 89.3 cm³/mol. The number of amides is 1. The molecule has 1 aliphatic heterocycles. The summed E-state index contributed by atoms with van der Waals surface area (Å²) in [4.78, 5) is 17.5. The molecule has 0 saturated carbocycles. The van der Waals surface area contributed by atoms with Gasteiger partial charge in [-0.05, 0) is 44.2 Å². The maximum atomic E-state index is 12.8. The fourth-order valence-electron chi connectivity index (χ4n) is 2.87. The molecule has 3 nitrogen and oxygen atoms in total. The smallest absolute Gasteiger partial charge is 0.241 e. The van der Waals surface area contributed by atoms with Crippen LogP contribution in [0.5, 0.6) is 0 Å². The van der Waals surface area contributed by atoms with Crippen LogP contribution in [0, 0.1) is 18.8 Å². The third kappa shape index (κ3) is 3.49. The van der Waals surface area contributed by atoms with Crippen LogP contribution in [0.4, 0.5) is 0 Å². The van der Waals surface area contributed by atoms with Crippen molar-refractivity contribution in [2.45, 2.75) is 66.2 Å². The largest absolute Gasteiger partial charge is 0.318 e. The van der Waals surface area contributed by atoms with E-state index in [0.29, 0.717) is 11.8 Å². The van der Waals surface area contributed by atoms with Gasteiger partial charge in [0, 0.05) is 15.8 Å². The standard InChI is InChI=1S/C17H28N2OS/c1-10(2)9-14-17(20)19(13(6)11(3)4)16(18-14)15-8-7-12(5)21-15/h7-8,10-11,13-14,16,18H,9H2,1-6H3. The Morgan fingerprint density at radius 2 is 1.90 bits per heavy atom. The zero-order chi connectivity index (χ0) is 15.7. The zero-order valence-electron chi connectivity index (χ0n) is 14.0. The first-order valence-electron chi connectivity index (χ1n) is 7.95. The van der Waals surface area contributed by atoms with Gasteiger partial charge in [0.25, 0.3) is 0 Å². The molecule has 0 radical (unpaired) electrons. The highest BCUT2D eigenvalue weighted by Gasteiger charge is 2.43. The summed E-state index contributed by atoms with van der Waals surface area (Å²) in [5.74, 6) is 1.24. The van der Waals surface area contributed by atoms with Gasteiger partial charge in [0.05, 0.1) is 6.04 Å². The van der Waals surface area contributed by atoms with Crippen LogP contribution in [-0.2, 0) is 4.79 Å². The Morgan fingerprint density at radius 3 is 2.38 bits per heavy atom. The summed E-state index contributed by atoms with van der Waals surface area (Å²) in [6, 6.07) is 4.50. The van der Waals surface area contributed by atoms with Gasteiger partial charge in [-0.2, -0.15) is 0 Å². The minimum absolute atomic E-state index is 0.0392. The fraction of sp³-hybridized carbons (Fsp3) is 0.706. The molecule has 1 aliphatic rings. The number of rotatable bonds is 5. The third-order valence-corrected chi connectivity index (χ3v) is 5.38. The Kier molecular flexibility index (Phi) is 5.10. The highest BCUT2D eigenvalue weighted by molar-refractivity contribution is 7.12. The number of carbonyl (C=O) groups excluding carboxylic acids is 1. The van der Waals surface area contributed by atoms with Crippen molar-refractivity contribution < 1.29 is 4.79 Å². The number of hydrogen-bond acceptors (Lipinski definition) is 3. The quantitative estimate of drug-likeness (QED) is 0.893. The van der Waals surface area contributed by atoms with Gasteiger partial charge in [0.15, 0.2) is 0 Å². The molecule has 4 heteroatoms. The molecule has 1 N–H and O–H groups in total. The van der Waals surface area contributed by atoms with Crippen LogP contribution < -0.4 is 5.32 Å². The van der Waals surface area contributed by atoms with E-state index in [2.05, 4.69) is 63.9 Å². The second-order valence-corrected chi connectivity index (χ2v) is 8.25. The number of aryl methyl sites for hydroxylation is 1. The topological polar surface area (TPSA) is 32.3 Å². The molecule has 3 atom stereocenters. The van der Waals surface area contributed by atoms with Crippen LogP contribution in [0.2, 0.25) is 0 Å². The summed E-state index contributed by atoms with van der Waals surface area (Å²) in [6.45, 7) is 13.0. The molecule has 118 valence electrons. The molecule has 0 bridgehead atoms. The van der Waals surface area contributed by atoms with Crippen LogP contribution in [0.25, 0.3) is 0 Å². The van der Waals surface area contributed by atoms with E-state index in [4.69, 9.17) is 0 Å². The molecule has 1 amide bonds. The first-order valence-corrected chi connectivity index (χ1v) is 8.77. The molecule has 1 aromatic heterocycles. The molecule has 3 unspecified atom stereocenters. The summed E-state index contributed by atoms with van der Waals surface area (Å²) in [5.41, 5.74) is 0. The summed E-state index contributed by atoms with van der Waals surface area (Å²) in [6.07, 6.45) is 0.943. The molecule has 2 rings (SSSR count). The highest BCUT2D eigenvalue weighted by atomic mass is 32.1. The van der Waals surface area contributed by atoms with Crippen molar-refractivity contribution in [2.75, 3.05) is 0 Å². The van der Waals surface area contributed by atoms with Crippen LogP contribution >= 0.6 is 11.3 Å². The average molecular weight is 308 g/mol. The fourth-order valence-corrected chi connectivity index (χ4v) is 3.80. The predicted octanol–water partition coefficient (Wildman–Crippen LogP) is 3.95. The van der Waals surface area contributed by atoms with Gasteiger partial charge in [0.2, 0.25) is 5.91 Å². The first kappa shape index (κ1) is 16.5. The average Bonchev–Trinajstić information content (AvgIpc) is 2.93. The number of nitrogens with one attached hydrogen (secondary N) is 1. The number of carbonyl (C=O) groups is 1. The maximum Gasteiger partial charge on any atom is 0.241 e. The SMILES string of the molecule is Cc1ccc(C2NC(CC(C)C)C(=O)N2C(C)C(C)C)s1. The van der Waals surface area contributed by atoms with E-state index >= 15 is 0 Å². The monoisotopic (exact) mass is 308 g/mol. The van der Waals surface area contributed by atoms with E-state index < -0.39 is 0 Å². The highest BCUT2D eigenvalue weighted by Crippen LogP contribution is 2.34. The number of hydrogen-bond donors (Lipinski definition) is 1. The minimum atomic E-state index is -0.0430. The van der Waals surface area contributed by atoms with Crippen LogP contribution in [-0.4, -0.2) is 22.9 Å². The third-order valence-electron chi connectivity index (χ3n) is 4.33.